The smallest absolute Gasteiger partial charge is 0.257 e. The maximum absolute atomic E-state index is 15.3. The molecule has 0 spiro atoms. The predicted octanol–water partition coefficient (Wildman–Crippen LogP) is 5.04. The van der Waals surface area contributed by atoms with Gasteiger partial charge in [0.15, 0.2) is 0 Å². The van der Waals surface area contributed by atoms with E-state index in [-0.39, 0.29) is 24.0 Å². The van der Waals surface area contributed by atoms with Crippen molar-refractivity contribution in [2.45, 2.75) is 26.4 Å². The van der Waals surface area contributed by atoms with Crippen LogP contribution >= 0.6 is 0 Å². The van der Waals surface area contributed by atoms with Crippen molar-refractivity contribution in [2.24, 2.45) is 0 Å². The second-order valence-corrected chi connectivity index (χ2v) is 9.68. The summed E-state index contributed by atoms with van der Waals surface area (Å²) in [7, 11) is 0. The zero-order valence-corrected chi connectivity index (χ0v) is 21.7. The fraction of sp³-hybridized carbons (Fsp3) is 0.138. The molecule has 0 radical (unpaired) electrons. The largest absolute Gasteiger partial charge is 0.382 e. The number of carbonyl (C=O) groups excluding carboxylic acids is 1. The number of hydrogen-bond acceptors (Lipinski definition) is 6. The summed E-state index contributed by atoms with van der Waals surface area (Å²) >= 11 is 0. The molecule has 11 heteroatoms. The van der Waals surface area contributed by atoms with E-state index in [1.54, 1.807) is 66.0 Å². The number of nitrogens with zero attached hydrogens (tertiary/aromatic N) is 7. The lowest BCUT2D eigenvalue weighted by molar-refractivity contribution is 0.0684. The molecule has 0 saturated heterocycles. The molecule has 6 aromatic rings. The molecular weight excluding hydrogens is 514 g/mol. The Kier molecular flexibility index (Phi) is 6.18. The number of nitrogens with two attached hydrogens (primary N) is 1. The molecule has 0 aliphatic carbocycles. The van der Waals surface area contributed by atoms with E-state index in [1.165, 1.54) is 29.4 Å². The summed E-state index contributed by atoms with van der Waals surface area (Å²) in [6, 6.07) is 10.8. The molecule has 6 rings (SSSR count). The molecule has 0 aliphatic rings. The third-order valence-electron chi connectivity index (χ3n) is 6.80. The highest BCUT2D eigenvalue weighted by molar-refractivity contribution is 5.98. The number of amides is 1. The zero-order valence-electron chi connectivity index (χ0n) is 21.7. The van der Waals surface area contributed by atoms with Gasteiger partial charge in [-0.05, 0) is 43.7 Å². The minimum atomic E-state index is -0.740. The van der Waals surface area contributed by atoms with Gasteiger partial charge in [-0.1, -0.05) is 12.1 Å². The SMILES string of the molecule is CC(C)N(Cc1ccc(-c2cnn(-c3cccnc3)c2)cc1F)C(=O)c1cc2c(cc1F)nc(N)c1cncn12. The van der Waals surface area contributed by atoms with Crippen molar-refractivity contribution in [2.75, 3.05) is 5.73 Å². The highest BCUT2D eigenvalue weighted by atomic mass is 19.1. The van der Waals surface area contributed by atoms with Crippen LogP contribution in [0.1, 0.15) is 29.8 Å². The first-order valence-electron chi connectivity index (χ1n) is 12.6. The molecule has 9 nitrogen and oxygen atoms in total. The van der Waals surface area contributed by atoms with Gasteiger partial charge in [0.1, 0.15) is 23.0 Å². The van der Waals surface area contributed by atoms with Gasteiger partial charge in [-0.2, -0.15) is 5.10 Å². The third-order valence-corrected chi connectivity index (χ3v) is 6.80. The van der Waals surface area contributed by atoms with Gasteiger partial charge in [0.05, 0.1) is 47.2 Å². The highest BCUT2D eigenvalue weighted by Crippen LogP contribution is 2.27. The Morgan fingerprint density at radius 2 is 1.85 bits per heavy atom. The second-order valence-electron chi connectivity index (χ2n) is 9.68. The number of halogens is 2. The first kappa shape index (κ1) is 25.1. The minimum Gasteiger partial charge on any atom is -0.382 e. The molecule has 0 unspecified atom stereocenters. The highest BCUT2D eigenvalue weighted by Gasteiger charge is 2.25. The van der Waals surface area contributed by atoms with Gasteiger partial charge >= 0.3 is 0 Å². The van der Waals surface area contributed by atoms with Crippen molar-refractivity contribution in [1.29, 1.82) is 0 Å². The average Bonchev–Trinajstić information content (AvgIpc) is 3.63. The summed E-state index contributed by atoms with van der Waals surface area (Å²) in [4.78, 5) is 27.5. The molecule has 0 saturated carbocycles. The quantitative estimate of drug-likeness (QED) is 0.318. The Balaban J connectivity index is 1.30. The van der Waals surface area contributed by atoms with E-state index in [0.717, 1.165) is 11.3 Å². The summed E-state index contributed by atoms with van der Waals surface area (Å²) in [5, 5.41) is 4.34. The summed E-state index contributed by atoms with van der Waals surface area (Å²) < 4.78 is 33.9. The molecule has 4 aromatic heterocycles. The lowest BCUT2D eigenvalue weighted by Gasteiger charge is -2.27. The summed E-state index contributed by atoms with van der Waals surface area (Å²) in [6.07, 6.45) is 9.86. The van der Waals surface area contributed by atoms with Crippen LogP contribution in [-0.2, 0) is 6.54 Å². The molecule has 40 heavy (non-hydrogen) atoms. The van der Waals surface area contributed by atoms with E-state index in [9.17, 15) is 4.79 Å². The monoisotopic (exact) mass is 538 g/mol. The van der Waals surface area contributed by atoms with Gasteiger partial charge < -0.3 is 10.6 Å². The molecule has 2 N–H and O–H groups in total. The minimum absolute atomic E-state index is 0.0461. The Labute approximate surface area is 227 Å². The molecule has 200 valence electrons. The number of aromatic nitrogens is 6. The van der Waals surface area contributed by atoms with E-state index >= 15 is 8.78 Å². The van der Waals surface area contributed by atoms with Crippen LogP contribution in [0.25, 0.3) is 33.4 Å². The molecule has 0 fully saturated rings. The molecule has 2 aromatic carbocycles. The van der Waals surface area contributed by atoms with Crippen molar-refractivity contribution < 1.29 is 13.6 Å². The van der Waals surface area contributed by atoms with Crippen molar-refractivity contribution >= 4 is 28.3 Å². The van der Waals surface area contributed by atoms with Crippen LogP contribution in [0.15, 0.2) is 79.8 Å². The average molecular weight is 539 g/mol. The fourth-order valence-corrected chi connectivity index (χ4v) is 4.65. The lowest BCUT2D eigenvalue weighted by atomic mass is 10.0. The van der Waals surface area contributed by atoms with Crippen LogP contribution < -0.4 is 5.73 Å². The van der Waals surface area contributed by atoms with Gasteiger partial charge in [-0.3, -0.25) is 14.2 Å². The lowest BCUT2D eigenvalue weighted by Crippen LogP contribution is -2.37. The van der Waals surface area contributed by atoms with Crippen molar-refractivity contribution in [3.63, 3.8) is 0 Å². The first-order chi connectivity index (χ1) is 19.3. The third kappa shape index (κ3) is 4.41. The number of imidazole rings is 1. The van der Waals surface area contributed by atoms with Crippen molar-refractivity contribution in [3.05, 3.63) is 103 Å². The van der Waals surface area contributed by atoms with Gasteiger partial charge in [0.2, 0.25) is 0 Å². The number of nitrogen functional groups attached to an aromatic ring is 1. The number of benzene rings is 2. The van der Waals surface area contributed by atoms with E-state index < -0.39 is 17.5 Å². The summed E-state index contributed by atoms with van der Waals surface area (Å²) in [5.41, 5.74) is 9.59. The molecule has 0 aliphatic heterocycles. The molecule has 0 bridgehead atoms. The summed E-state index contributed by atoms with van der Waals surface area (Å²) in [5.74, 6) is -1.59. The van der Waals surface area contributed by atoms with Crippen LogP contribution in [-0.4, -0.2) is 46.0 Å². The Hall–Kier alpha value is -5.19. The number of rotatable bonds is 6. The summed E-state index contributed by atoms with van der Waals surface area (Å²) in [6.45, 7) is 3.55. The number of hydrogen-bond donors (Lipinski definition) is 1. The van der Waals surface area contributed by atoms with Gasteiger partial charge in [-0.25, -0.2) is 23.4 Å². The van der Waals surface area contributed by atoms with Gasteiger partial charge in [0, 0.05) is 42.2 Å². The van der Waals surface area contributed by atoms with Crippen LogP contribution in [0, 0.1) is 11.6 Å². The normalized spacial score (nSPS) is 11.5. The molecule has 0 atom stereocenters. The molecular formula is C29H24F2N8O. The fourth-order valence-electron chi connectivity index (χ4n) is 4.65. The van der Waals surface area contributed by atoms with E-state index in [4.69, 9.17) is 5.73 Å². The van der Waals surface area contributed by atoms with Crippen LogP contribution in [0.5, 0.6) is 0 Å². The maximum Gasteiger partial charge on any atom is 0.257 e. The van der Waals surface area contributed by atoms with Crippen molar-refractivity contribution in [1.82, 2.24) is 34.0 Å². The topological polar surface area (TPSA) is 107 Å². The Morgan fingerprint density at radius 1 is 1.00 bits per heavy atom. The Morgan fingerprint density at radius 3 is 2.60 bits per heavy atom. The number of anilines is 1. The first-order valence-corrected chi connectivity index (χ1v) is 12.6. The molecule has 1 amide bonds. The number of carbonyl (C=O) groups is 1. The van der Waals surface area contributed by atoms with E-state index in [1.807, 2.05) is 12.1 Å². The van der Waals surface area contributed by atoms with E-state index in [0.29, 0.717) is 27.7 Å². The number of pyridine rings is 1. The van der Waals surface area contributed by atoms with Crippen LogP contribution in [0.2, 0.25) is 0 Å². The number of fused-ring (bicyclic) bond motifs is 3. The van der Waals surface area contributed by atoms with Crippen LogP contribution in [0.3, 0.4) is 0 Å². The standard InChI is InChI=1S/C29H24F2N8O/c1-17(2)37(29(40)22-9-26-25(10-24(22)31)36-28(32)27-13-34-16-38(26)27)14-19-6-5-18(8-23(19)30)20-11-35-39(15-20)21-4-3-7-33-12-21/h3-13,15-17H,14H2,1-2H3,(H2,32,36). The van der Waals surface area contributed by atoms with E-state index in [2.05, 4.69) is 20.1 Å². The zero-order chi connectivity index (χ0) is 28.0. The maximum atomic E-state index is 15.3. The second kappa shape index (κ2) is 9.84. The van der Waals surface area contributed by atoms with Crippen LogP contribution in [0.4, 0.5) is 14.6 Å². The van der Waals surface area contributed by atoms with Gasteiger partial charge in [-0.15, -0.1) is 0 Å². The van der Waals surface area contributed by atoms with Gasteiger partial charge in [0.25, 0.3) is 5.91 Å². The Bertz CT molecular complexity index is 1880. The predicted molar refractivity (Wildman–Crippen MR) is 147 cm³/mol. The molecule has 4 heterocycles. The van der Waals surface area contributed by atoms with Crippen molar-refractivity contribution in [3.8, 4) is 16.8 Å².